The third kappa shape index (κ3) is 4.51. The van der Waals surface area contributed by atoms with Gasteiger partial charge in [0.15, 0.2) is 0 Å². The van der Waals surface area contributed by atoms with Gasteiger partial charge in [0.25, 0.3) is 0 Å². The fourth-order valence-electron chi connectivity index (χ4n) is 2.96. The Morgan fingerprint density at radius 1 is 1.04 bits per heavy atom. The Balaban J connectivity index is 1.44. The first-order valence-electron chi connectivity index (χ1n) is 8.73. The lowest BCUT2D eigenvalue weighted by atomic mass is 10.1. The number of aromatic nitrogens is 1. The van der Waals surface area contributed by atoms with Gasteiger partial charge in [0.05, 0.1) is 0 Å². The van der Waals surface area contributed by atoms with Crippen molar-refractivity contribution >= 4 is 22.7 Å². The molecule has 26 heavy (non-hydrogen) atoms. The fraction of sp³-hybridized carbons (Fsp3) is 0.238. The minimum absolute atomic E-state index is 0.128. The number of nitrogens with zero attached hydrogens (tertiary/aromatic N) is 1. The highest BCUT2D eigenvalue weighted by Crippen LogP contribution is 2.17. The Hall–Kier alpha value is -3.08. The number of carbonyl (C=O) groups excluding carboxylic acids is 2. The predicted molar refractivity (Wildman–Crippen MR) is 103 cm³/mol. The second kappa shape index (κ2) is 8.34. The smallest absolute Gasteiger partial charge is 0.232 e. The van der Waals surface area contributed by atoms with E-state index in [1.165, 1.54) is 5.39 Å². The summed E-state index contributed by atoms with van der Waals surface area (Å²) in [5.74, 6) is -0.423. The van der Waals surface area contributed by atoms with E-state index in [1.54, 1.807) is 11.9 Å². The third-order valence-corrected chi connectivity index (χ3v) is 4.39. The molecular formula is C21H23N3O2. The van der Waals surface area contributed by atoms with Gasteiger partial charge in [-0.3, -0.25) is 9.59 Å². The second-order valence-corrected chi connectivity index (χ2v) is 6.37. The average Bonchev–Trinajstić information content (AvgIpc) is 3.06. The average molecular weight is 349 g/mol. The highest BCUT2D eigenvalue weighted by molar-refractivity contribution is 5.96. The molecular weight excluding hydrogens is 326 g/mol. The summed E-state index contributed by atoms with van der Waals surface area (Å²) in [4.78, 5) is 29.0. The number of hydrogen-bond acceptors (Lipinski definition) is 2. The molecule has 0 spiro atoms. The van der Waals surface area contributed by atoms with Gasteiger partial charge in [-0.2, -0.15) is 0 Å². The van der Waals surface area contributed by atoms with Gasteiger partial charge in [-0.15, -0.1) is 0 Å². The highest BCUT2D eigenvalue weighted by Gasteiger charge is 2.14. The van der Waals surface area contributed by atoms with Crippen molar-refractivity contribution in [3.63, 3.8) is 0 Å². The predicted octanol–water partition coefficient (Wildman–Crippen LogP) is 2.88. The number of aromatic amines is 1. The Kier molecular flexibility index (Phi) is 5.69. The maximum atomic E-state index is 12.2. The minimum atomic E-state index is -0.241. The lowest BCUT2D eigenvalue weighted by molar-refractivity contribution is -0.135. The molecule has 5 nitrogen and oxygen atoms in total. The molecule has 3 rings (SSSR count). The molecule has 0 saturated carbocycles. The molecule has 0 atom stereocenters. The van der Waals surface area contributed by atoms with Crippen LogP contribution in [0, 0.1) is 0 Å². The molecule has 0 aliphatic carbocycles. The standard InChI is InChI=1S/C21H23N3O2/c1-24(15-16-7-3-2-4-8-16)21(26)13-20(25)22-12-11-17-14-23-19-10-6-5-9-18(17)19/h2-10,14,23H,11-13,15H2,1H3,(H,22,25). The van der Waals surface area contributed by atoms with Crippen molar-refractivity contribution in [2.24, 2.45) is 0 Å². The number of para-hydroxylation sites is 1. The first-order valence-corrected chi connectivity index (χ1v) is 8.73. The molecule has 3 aromatic rings. The van der Waals surface area contributed by atoms with Crippen LogP contribution in [0.5, 0.6) is 0 Å². The topological polar surface area (TPSA) is 65.2 Å². The second-order valence-electron chi connectivity index (χ2n) is 6.37. The van der Waals surface area contributed by atoms with Crippen LogP contribution in [0.1, 0.15) is 17.5 Å². The fourth-order valence-corrected chi connectivity index (χ4v) is 2.96. The molecule has 0 unspecified atom stereocenters. The lowest BCUT2D eigenvalue weighted by Gasteiger charge is -2.17. The molecule has 0 fully saturated rings. The van der Waals surface area contributed by atoms with Gasteiger partial charge in [-0.25, -0.2) is 0 Å². The largest absolute Gasteiger partial charge is 0.361 e. The number of rotatable bonds is 7. The van der Waals surface area contributed by atoms with Crippen LogP contribution in [0.2, 0.25) is 0 Å². The molecule has 2 amide bonds. The van der Waals surface area contributed by atoms with E-state index >= 15 is 0 Å². The summed E-state index contributed by atoms with van der Waals surface area (Å²) in [7, 11) is 1.72. The van der Waals surface area contributed by atoms with Crippen LogP contribution in [-0.2, 0) is 22.6 Å². The molecule has 0 aliphatic heterocycles. The summed E-state index contributed by atoms with van der Waals surface area (Å²) in [6.45, 7) is 1.01. The van der Waals surface area contributed by atoms with Gasteiger partial charge in [0, 0.05) is 37.2 Å². The van der Waals surface area contributed by atoms with Crippen LogP contribution < -0.4 is 5.32 Å². The van der Waals surface area contributed by atoms with Crippen molar-refractivity contribution < 1.29 is 9.59 Å². The normalized spacial score (nSPS) is 10.7. The Labute approximate surface area is 153 Å². The maximum Gasteiger partial charge on any atom is 0.232 e. The number of benzene rings is 2. The van der Waals surface area contributed by atoms with E-state index in [0.29, 0.717) is 13.1 Å². The van der Waals surface area contributed by atoms with Crippen LogP contribution >= 0.6 is 0 Å². The number of hydrogen-bond donors (Lipinski definition) is 2. The molecule has 134 valence electrons. The number of nitrogens with one attached hydrogen (secondary N) is 2. The molecule has 0 radical (unpaired) electrons. The summed E-state index contributed by atoms with van der Waals surface area (Å²) in [6.07, 6.45) is 2.57. The summed E-state index contributed by atoms with van der Waals surface area (Å²) in [6, 6.07) is 17.8. The summed E-state index contributed by atoms with van der Waals surface area (Å²) < 4.78 is 0. The molecule has 0 aliphatic rings. The van der Waals surface area contributed by atoms with Crippen molar-refractivity contribution in [3.05, 3.63) is 71.9 Å². The van der Waals surface area contributed by atoms with Crippen LogP contribution in [-0.4, -0.2) is 35.3 Å². The summed E-state index contributed by atoms with van der Waals surface area (Å²) in [5, 5.41) is 4.00. The van der Waals surface area contributed by atoms with E-state index in [4.69, 9.17) is 0 Å². The zero-order chi connectivity index (χ0) is 18.4. The molecule has 0 saturated heterocycles. The van der Waals surface area contributed by atoms with Crippen LogP contribution in [0.25, 0.3) is 10.9 Å². The molecule has 5 heteroatoms. The van der Waals surface area contributed by atoms with Crippen molar-refractivity contribution in [3.8, 4) is 0 Å². The van der Waals surface area contributed by atoms with Crippen molar-refractivity contribution in [1.29, 1.82) is 0 Å². The Morgan fingerprint density at radius 2 is 1.77 bits per heavy atom. The number of fused-ring (bicyclic) bond motifs is 1. The lowest BCUT2D eigenvalue weighted by Crippen LogP contribution is -2.33. The molecule has 1 heterocycles. The van der Waals surface area contributed by atoms with Crippen molar-refractivity contribution in [2.45, 2.75) is 19.4 Å². The van der Waals surface area contributed by atoms with Gasteiger partial charge < -0.3 is 15.2 Å². The van der Waals surface area contributed by atoms with Gasteiger partial charge in [0.1, 0.15) is 6.42 Å². The van der Waals surface area contributed by atoms with E-state index in [1.807, 2.05) is 54.7 Å². The van der Waals surface area contributed by atoms with Gasteiger partial charge in [-0.1, -0.05) is 48.5 Å². The number of carbonyl (C=O) groups is 2. The quantitative estimate of drug-likeness (QED) is 0.644. The van der Waals surface area contributed by atoms with Crippen LogP contribution in [0.15, 0.2) is 60.8 Å². The minimum Gasteiger partial charge on any atom is -0.361 e. The monoisotopic (exact) mass is 349 g/mol. The molecule has 2 aromatic carbocycles. The molecule has 2 N–H and O–H groups in total. The SMILES string of the molecule is CN(Cc1ccccc1)C(=O)CC(=O)NCCc1c[nH]c2ccccc12. The van der Waals surface area contributed by atoms with E-state index in [-0.39, 0.29) is 18.2 Å². The summed E-state index contributed by atoms with van der Waals surface area (Å²) in [5.41, 5.74) is 3.29. The van der Waals surface area contributed by atoms with Gasteiger partial charge >= 0.3 is 0 Å². The van der Waals surface area contributed by atoms with Crippen molar-refractivity contribution in [2.75, 3.05) is 13.6 Å². The first-order chi connectivity index (χ1) is 12.6. The zero-order valence-electron chi connectivity index (χ0n) is 14.9. The Morgan fingerprint density at radius 3 is 2.58 bits per heavy atom. The maximum absolute atomic E-state index is 12.2. The zero-order valence-corrected chi connectivity index (χ0v) is 14.9. The van der Waals surface area contributed by atoms with E-state index in [9.17, 15) is 9.59 Å². The van der Waals surface area contributed by atoms with E-state index in [0.717, 1.165) is 23.1 Å². The Bertz CT molecular complexity index is 886. The van der Waals surface area contributed by atoms with Crippen molar-refractivity contribution in [1.82, 2.24) is 15.2 Å². The first kappa shape index (κ1) is 17.7. The van der Waals surface area contributed by atoms with Crippen LogP contribution in [0.4, 0.5) is 0 Å². The highest BCUT2D eigenvalue weighted by atomic mass is 16.2. The van der Waals surface area contributed by atoms with E-state index in [2.05, 4.69) is 16.4 Å². The summed E-state index contributed by atoms with van der Waals surface area (Å²) >= 11 is 0. The van der Waals surface area contributed by atoms with Crippen LogP contribution in [0.3, 0.4) is 0 Å². The third-order valence-electron chi connectivity index (χ3n) is 4.39. The number of H-pyrrole nitrogens is 1. The molecule has 1 aromatic heterocycles. The van der Waals surface area contributed by atoms with E-state index < -0.39 is 0 Å². The number of amides is 2. The molecule has 0 bridgehead atoms. The van der Waals surface area contributed by atoms with Gasteiger partial charge in [-0.05, 0) is 23.6 Å². The van der Waals surface area contributed by atoms with Gasteiger partial charge in [0.2, 0.25) is 11.8 Å².